The van der Waals surface area contributed by atoms with Gasteiger partial charge < -0.3 is 0 Å². The van der Waals surface area contributed by atoms with E-state index >= 15 is 0 Å². The summed E-state index contributed by atoms with van der Waals surface area (Å²) < 4.78 is 0.923. The molecule has 2 aromatic rings. The largest absolute Gasteiger partial charge is 0.296 e. The van der Waals surface area contributed by atoms with E-state index in [0.29, 0.717) is 16.6 Å². The number of carbonyl (C=O) groups is 1. The van der Waals surface area contributed by atoms with Crippen molar-refractivity contribution in [3.05, 3.63) is 38.4 Å². The first-order valence-electron chi connectivity index (χ1n) is 6.55. The molecule has 6 heteroatoms. The highest BCUT2D eigenvalue weighted by molar-refractivity contribution is 14.1. The third-order valence-electron chi connectivity index (χ3n) is 3.11. The smallest absolute Gasteiger partial charge is 0.258 e. The van der Waals surface area contributed by atoms with E-state index in [1.807, 2.05) is 18.2 Å². The van der Waals surface area contributed by atoms with Gasteiger partial charge in [0.25, 0.3) is 5.91 Å². The molecule has 0 bridgehead atoms. The molecule has 0 aliphatic heterocycles. The minimum absolute atomic E-state index is 0.137. The Hall–Kier alpha value is -1.02. The molecule has 2 rings (SSSR count). The van der Waals surface area contributed by atoms with Gasteiger partial charge in [0.15, 0.2) is 0 Å². The van der Waals surface area contributed by atoms with Crippen LogP contribution in [0.5, 0.6) is 0 Å². The van der Waals surface area contributed by atoms with Crippen LogP contribution in [-0.4, -0.2) is 16.1 Å². The lowest BCUT2D eigenvalue weighted by Gasteiger charge is -2.06. The maximum atomic E-state index is 12.2. The molecule has 0 unspecified atom stereocenters. The van der Waals surface area contributed by atoms with Crippen molar-refractivity contribution in [1.82, 2.24) is 10.2 Å². The van der Waals surface area contributed by atoms with E-state index in [0.717, 1.165) is 21.4 Å². The Balaban J connectivity index is 2.11. The molecule has 0 saturated heterocycles. The van der Waals surface area contributed by atoms with Gasteiger partial charge in [-0.2, -0.15) is 0 Å². The number of nitrogens with zero attached hydrogens (tertiary/aromatic N) is 2. The van der Waals surface area contributed by atoms with Crippen LogP contribution in [-0.2, 0) is 0 Å². The fraction of sp³-hybridized carbons (Fsp3) is 0.357. The molecule has 1 aromatic heterocycles. The Labute approximate surface area is 136 Å². The average Bonchev–Trinajstić information content (AvgIpc) is 2.89. The first-order valence-corrected chi connectivity index (χ1v) is 8.44. The number of hydrogen-bond acceptors (Lipinski definition) is 4. The molecule has 0 atom stereocenters. The normalized spacial score (nSPS) is 10.8. The van der Waals surface area contributed by atoms with E-state index in [1.54, 1.807) is 6.07 Å². The number of rotatable bonds is 5. The summed E-state index contributed by atoms with van der Waals surface area (Å²) in [5.74, 6) is 0.289. The zero-order valence-electron chi connectivity index (χ0n) is 11.4. The quantitative estimate of drug-likeness (QED) is 0.761. The Morgan fingerprint density at radius 3 is 2.65 bits per heavy atom. The van der Waals surface area contributed by atoms with Gasteiger partial charge in [-0.05, 0) is 47.6 Å². The van der Waals surface area contributed by atoms with E-state index in [1.165, 1.54) is 11.3 Å². The number of nitrogens with one attached hydrogen (secondary N) is 1. The van der Waals surface area contributed by atoms with E-state index in [4.69, 9.17) is 0 Å². The predicted octanol–water partition coefficient (Wildman–Crippen LogP) is 4.30. The van der Waals surface area contributed by atoms with Crippen molar-refractivity contribution in [3.63, 3.8) is 0 Å². The molecule has 0 saturated carbocycles. The molecule has 1 N–H and O–H groups in total. The van der Waals surface area contributed by atoms with Crippen molar-refractivity contribution in [1.29, 1.82) is 0 Å². The standard InChI is InChI=1S/C14H16IN3OS/c1-3-9(4-2)13-17-18-14(20-13)16-12(19)10-7-5-6-8-11(10)15/h5-9H,3-4H2,1-2H3,(H,16,18,19). The second-order valence-corrected chi connectivity index (χ2v) is 6.56. The summed E-state index contributed by atoms with van der Waals surface area (Å²) in [5.41, 5.74) is 0.660. The lowest BCUT2D eigenvalue weighted by Crippen LogP contribution is -2.13. The minimum Gasteiger partial charge on any atom is -0.296 e. The maximum absolute atomic E-state index is 12.2. The van der Waals surface area contributed by atoms with Gasteiger partial charge >= 0.3 is 0 Å². The molecule has 0 aliphatic carbocycles. The molecule has 0 aliphatic rings. The van der Waals surface area contributed by atoms with Crippen LogP contribution in [0.1, 0.15) is 48.0 Å². The Bertz CT molecular complexity index is 596. The third kappa shape index (κ3) is 3.54. The molecular weight excluding hydrogens is 385 g/mol. The van der Waals surface area contributed by atoms with Crippen LogP contribution in [0, 0.1) is 3.57 Å². The van der Waals surface area contributed by atoms with Crippen LogP contribution in [0.4, 0.5) is 5.13 Å². The van der Waals surface area contributed by atoms with Crippen molar-refractivity contribution in [2.75, 3.05) is 5.32 Å². The Morgan fingerprint density at radius 1 is 1.30 bits per heavy atom. The van der Waals surface area contributed by atoms with Gasteiger partial charge in [-0.25, -0.2) is 0 Å². The highest BCUT2D eigenvalue weighted by Gasteiger charge is 2.16. The fourth-order valence-electron chi connectivity index (χ4n) is 1.90. The molecule has 1 aromatic carbocycles. The number of carbonyl (C=O) groups excluding carboxylic acids is 1. The third-order valence-corrected chi connectivity index (χ3v) is 5.06. The van der Waals surface area contributed by atoms with Crippen molar-refractivity contribution in [3.8, 4) is 0 Å². The second kappa shape index (κ2) is 7.12. The van der Waals surface area contributed by atoms with Crippen molar-refractivity contribution < 1.29 is 4.79 Å². The molecule has 4 nitrogen and oxygen atoms in total. The van der Waals surface area contributed by atoms with Crippen LogP contribution < -0.4 is 5.32 Å². The first-order chi connectivity index (χ1) is 9.65. The Morgan fingerprint density at radius 2 is 2.00 bits per heavy atom. The minimum atomic E-state index is -0.137. The second-order valence-electron chi connectivity index (χ2n) is 4.39. The average molecular weight is 401 g/mol. The number of anilines is 1. The molecular formula is C14H16IN3OS. The van der Waals surface area contributed by atoms with Crippen LogP contribution in [0.3, 0.4) is 0 Å². The van der Waals surface area contributed by atoms with Gasteiger partial charge in [0, 0.05) is 9.49 Å². The van der Waals surface area contributed by atoms with Gasteiger partial charge in [-0.1, -0.05) is 37.3 Å². The van der Waals surface area contributed by atoms with Crippen molar-refractivity contribution >= 4 is 45.0 Å². The number of amides is 1. The highest BCUT2D eigenvalue weighted by atomic mass is 127. The number of aromatic nitrogens is 2. The summed E-state index contributed by atoms with van der Waals surface area (Å²) in [4.78, 5) is 12.2. The van der Waals surface area contributed by atoms with E-state index < -0.39 is 0 Å². The maximum Gasteiger partial charge on any atom is 0.258 e. The molecule has 0 spiro atoms. The monoisotopic (exact) mass is 401 g/mol. The molecule has 0 fully saturated rings. The van der Waals surface area contributed by atoms with Crippen molar-refractivity contribution in [2.45, 2.75) is 32.6 Å². The summed E-state index contributed by atoms with van der Waals surface area (Å²) in [5, 5.41) is 12.6. The van der Waals surface area contributed by atoms with E-state index in [9.17, 15) is 4.79 Å². The number of halogens is 1. The van der Waals surface area contributed by atoms with Gasteiger partial charge in [0.1, 0.15) is 5.01 Å². The fourth-order valence-corrected chi connectivity index (χ4v) is 3.54. The SMILES string of the molecule is CCC(CC)c1nnc(NC(=O)c2ccccc2I)s1. The van der Waals surface area contributed by atoms with Gasteiger partial charge in [0.05, 0.1) is 5.56 Å². The Kier molecular flexibility index (Phi) is 5.47. The number of hydrogen-bond donors (Lipinski definition) is 1. The number of benzene rings is 1. The highest BCUT2D eigenvalue weighted by Crippen LogP contribution is 2.28. The van der Waals surface area contributed by atoms with E-state index in [2.05, 4.69) is 52.0 Å². The summed E-state index contributed by atoms with van der Waals surface area (Å²) in [6.45, 7) is 4.28. The van der Waals surface area contributed by atoms with Crippen molar-refractivity contribution in [2.24, 2.45) is 0 Å². The van der Waals surface area contributed by atoms with Gasteiger partial charge in [-0.15, -0.1) is 10.2 Å². The van der Waals surface area contributed by atoms with E-state index in [-0.39, 0.29) is 5.91 Å². The zero-order valence-corrected chi connectivity index (χ0v) is 14.4. The van der Waals surface area contributed by atoms with Gasteiger partial charge in [-0.3, -0.25) is 10.1 Å². The van der Waals surface area contributed by atoms with Gasteiger partial charge in [0.2, 0.25) is 5.13 Å². The first kappa shape index (κ1) is 15.4. The van der Waals surface area contributed by atoms with Crippen LogP contribution in [0.15, 0.2) is 24.3 Å². The molecule has 106 valence electrons. The topological polar surface area (TPSA) is 54.9 Å². The zero-order chi connectivity index (χ0) is 14.5. The predicted molar refractivity (Wildman–Crippen MR) is 90.3 cm³/mol. The summed E-state index contributed by atoms with van der Waals surface area (Å²) in [6, 6.07) is 7.48. The van der Waals surface area contributed by atoms with Crippen LogP contribution >= 0.6 is 33.9 Å². The summed E-state index contributed by atoms with van der Waals surface area (Å²) in [6.07, 6.45) is 2.07. The molecule has 0 radical (unpaired) electrons. The molecule has 1 heterocycles. The summed E-state index contributed by atoms with van der Waals surface area (Å²) in [7, 11) is 0. The summed E-state index contributed by atoms with van der Waals surface area (Å²) >= 11 is 3.62. The van der Waals surface area contributed by atoms with Crippen LogP contribution in [0.2, 0.25) is 0 Å². The molecule has 20 heavy (non-hydrogen) atoms. The van der Waals surface area contributed by atoms with Crippen LogP contribution in [0.25, 0.3) is 0 Å². The lowest BCUT2D eigenvalue weighted by molar-refractivity contribution is 0.102. The lowest BCUT2D eigenvalue weighted by atomic mass is 10.1. The molecule has 1 amide bonds.